The number of hydrogen-bond donors (Lipinski definition) is 1. The van der Waals surface area contributed by atoms with E-state index in [1.165, 1.54) is 28.7 Å². The molecule has 0 spiro atoms. The molecule has 0 atom stereocenters. The number of carboxylic acid groups (broad SMARTS) is 1. The number of fused-ring (bicyclic) bond motifs is 2. The number of methoxy groups -OCH3 is 1. The predicted molar refractivity (Wildman–Crippen MR) is 325 cm³/mol. The first-order valence-electron chi connectivity index (χ1n) is 26.7. The van der Waals surface area contributed by atoms with Crippen LogP contribution in [0.3, 0.4) is 0 Å². The van der Waals surface area contributed by atoms with Crippen LogP contribution in [-0.4, -0.2) is 77.5 Å². The zero-order valence-electron chi connectivity index (χ0n) is 45.0. The molecule has 4 heterocycles. The van der Waals surface area contributed by atoms with Crippen LogP contribution in [0.2, 0.25) is 0 Å². The molecule has 8 aromatic rings. The lowest BCUT2D eigenvalue weighted by Gasteiger charge is -2.26. The Morgan fingerprint density at radius 2 is 1.07 bits per heavy atom. The Morgan fingerprint density at radius 1 is 0.600 bits per heavy atom. The van der Waals surface area contributed by atoms with Crippen molar-refractivity contribution >= 4 is 106 Å². The number of carboxylic acids is 1. The topological polar surface area (TPSA) is 150 Å². The fourth-order valence-electron chi connectivity index (χ4n) is 8.73. The van der Waals surface area contributed by atoms with Gasteiger partial charge in [-0.2, -0.15) is 5.26 Å². The summed E-state index contributed by atoms with van der Waals surface area (Å²) >= 11 is 6.27. The average Bonchev–Trinajstić information content (AvgIpc) is 4.34. The van der Waals surface area contributed by atoms with Gasteiger partial charge in [0.25, 0.3) is 12.2 Å². The molecule has 17 heteroatoms. The lowest BCUT2D eigenvalue weighted by Crippen LogP contribution is -2.12. The summed E-state index contributed by atoms with van der Waals surface area (Å²) in [4.78, 5) is 31.5. The van der Waals surface area contributed by atoms with Crippen molar-refractivity contribution in [2.45, 2.75) is 65.2 Å². The standard InChI is InChI=1S/C63H63N3O10S4/c1-5-7-9-11-25-74-54-34-49(73-32-31-72-30-29-71-28-27-70-4)35-55(75-26-12-10-8-6-2)62(54)45-17-23-48(24-18-45)66(46-19-13-43(14-20-46)56-39-60-58(79-56)37-51(77-60)33-50(41-64)76-42-67)47-21-15-44(16-22-47)57-40-61-59(80-57)38-52(78-61)36-53(65-3)63(68)69/h13-24,33-40,42H,5-12,25-32H2,1-2,4H3,(H,68,69)/b50-33+,53-36-. The number of anilines is 3. The number of unbranched alkanes of at least 4 members (excludes halogenated alkanes) is 6. The molecule has 0 amide bonds. The molecule has 1 N–H and O–H groups in total. The maximum absolute atomic E-state index is 11.5. The highest BCUT2D eigenvalue weighted by molar-refractivity contribution is 7.30. The Hall–Kier alpha value is -7.32. The number of thiophene rings is 4. The van der Waals surface area contributed by atoms with Crippen LogP contribution >= 0.6 is 45.3 Å². The Bertz CT molecular complexity index is 3350. The number of nitriles is 1. The number of hydrogen-bond acceptors (Lipinski definition) is 15. The van der Waals surface area contributed by atoms with Crippen molar-refractivity contribution in [1.29, 1.82) is 5.26 Å². The highest BCUT2D eigenvalue weighted by Gasteiger charge is 2.21. The Balaban J connectivity index is 1.12. The molecule has 4 aromatic carbocycles. The Morgan fingerprint density at radius 3 is 1.52 bits per heavy atom. The van der Waals surface area contributed by atoms with Crippen LogP contribution in [0, 0.1) is 17.9 Å². The maximum Gasteiger partial charge on any atom is 0.333 e. The largest absolute Gasteiger partial charge is 0.493 e. The Labute approximate surface area is 483 Å². The zero-order chi connectivity index (χ0) is 56.1. The number of carbonyl (C=O) groups is 2. The normalized spacial score (nSPS) is 11.7. The van der Waals surface area contributed by atoms with Crippen LogP contribution in [0.4, 0.5) is 17.1 Å². The van der Waals surface area contributed by atoms with Gasteiger partial charge in [-0.15, -0.1) is 45.3 Å². The van der Waals surface area contributed by atoms with E-state index in [1.807, 2.05) is 30.3 Å². The monoisotopic (exact) mass is 1150 g/mol. The Kier molecular flexibility index (Phi) is 22.3. The van der Waals surface area contributed by atoms with Crippen molar-refractivity contribution in [3.05, 3.63) is 142 Å². The fourth-order valence-corrected chi connectivity index (χ4v) is 13.4. The number of ether oxygens (including phenoxy) is 7. The van der Waals surface area contributed by atoms with Crippen molar-refractivity contribution < 1.29 is 47.9 Å². The smallest absolute Gasteiger partial charge is 0.333 e. The summed E-state index contributed by atoms with van der Waals surface area (Å²) < 4.78 is 45.0. The number of allylic oxidation sites excluding steroid dienone is 1. The third-order valence-electron chi connectivity index (χ3n) is 12.7. The molecule has 0 saturated heterocycles. The number of rotatable bonds is 33. The molecule has 0 aliphatic rings. The highest BCUT2D eigenvalue weighted by Crippen LogP contribution is 2.46. The molecule has 0 bridgehead atoms. The molecule has 0 fully saturated rings. The third kappa shape index (κ3) is 16.0. The summed E-state index contributed by atoms with van der Waals surface area (Å²) in [7, 11) is 1.65. The van der Waals surface area contributed by atoms with E-state index in [1.54, 1.807) is 35.9 Å². The van der Waals surface area contributed by atoms with E-state index < -0.39 is 5.97 Å². The van der Waals surface area contributed by atoms with Gasteiger partial charge in [-0.3, -0.25) is 9.59 Å². The molecular weight excluding hydrogens is 1090 g/mol. The number of carbonyl (C=O) groups excluding carboxylic acids is 1. The van der Waals surface area contributed by atoms with Crippen LogP contribution in [-0.2, 0) is 28.5 Å². The molecule has 13 nitrogen and oxygen atoms in total. The molecule has 80 heavy (non-hydrogen) atoms. The third-order valence-corrected chi connectivity index (χ3v) is 17.3. The average molecular weight is 1150 g/mol. The van der Waals surface area contributed by atoms with Gasteiger partial charge in [-0.25, -0.2) is 4.85 Å². The summed E-state index contributed by atoms with van der Waals surface area (Å²) in [6.07, 6.45) is 11.5. The van der Waals surface area contributed by atoms with Crippen LogP contribution < -0.4 is 19.1 Å². The summed E-state index contributed by atoms with van der Waals surface area (Å²) in [5, 5.41) is 18.8. The second-order valence-corrected chi connectivity index (χ2v) is 22.8. The van der Waals surface area contributed by atoms with Crippen molar-refractivity contribution in [3.63, 3.8) is 0 Å². The quantitative estimate of drug-likeness (QED) is 0.0104. The maximum atomic E-state index is 11.5. The van der Waals surface area contributed by atoms with Crippen molar-refractivity contribution in [2.24, 2.45) is 0 Å². The van der Waals surface area contributed by atoms with Crippen LogP contribution in [0.1, 0.15) is 75.0 Å². The molecule has 0 saturated carbocycles. The second kappa shape index (κ2) is 30.3. The number of aliphatic carboxylic acids is 1. The number of nitrogens with zero attached hydrogens (tertiary/aromatic N) is 3. The summed E-state index contributed by atoms with van der Waals surface area (Å²) in [6.45, 7) is 15.8. The van der Waals surface area contributed by atoms with E-state index in [9.17, 15) is 20.0 Å². The lowest BCUT2D eigenvalue weighted by molar-refractivity contribution is -0.132. The summed E-state index contributed by atoms with van der Waals surface area (Å²) in [6, 6.07) is 39.6. The second-order valence-electron chi connectivity index (χ2n) is 18.4. The van der Waals surface area contributed by atoms with Gasteiger partial charge in [0.05, 0.1) is 58.4 Å². The molecule has 8 rings (SSSR count). The van der Waals surface area contributed by atoms with Crippen LogP contribution in [0.15, 0.2) is 121 Å². The molecule has 414 valence electrons. The van der Waals surface area contributed by atoms with E-state index in [4.69, 9.17) is 39.7 Å². The molecule has 4 aromatic heterocycles. The SMILES string of the molecule is [C-]#[N+]/C(=C\c1cc2sc(-c3ccc(N(c4ccc(-c5cc6sc(/C=C(\C#N)OC=O)cc6s5)cc4)c4ccc(-c5c(OCCCCCC)cc(OCCOCCOCCOC)cc5OCCCCCC)cc4)cc3)cc2s1)C(=O)O. The van der Waals surface area contributed by atoms with Crippen molar-refractivity contribution in [1.82, 2.24) is 0 Å². The first kappa shape index (κ1) is 58.8. The molecule has 0 radical (unpaired) electrons. The van der Waals surface area contributed by atoms with Crippen molar-refractivity contribution in [3.8, 4) is 55.3 Å². The van der Waals surface area contributed by atoms with Gasteiger partial charge in [0, 0.05) is 80.7 Å². The minimum atomic E-state index is -1.24. The number of benzene rings is 4. The molecule has 0 aliphatic heterocycles. The van der Waals surface area contributed by atoms with Crippen LogP contribution in [0.25, 0.3) is 67.8 Å². The van der Waals surface area contributed by atoms with Gasteiger partial charge in [0.1, 0.15) is 29.9 Å². The van der Waals surface area contributed by atoms with Crippen LogP contribution in [0.5, 0.6) is 17.2 Å². The highest BCUT2D eigenvalue weighted by atomic mass is 32.1. The van der Waals surface area contributed by atoms with E-state index in [0.717, 1.165) is 129 Å². The van der Waals surface area contributed by atoms with Gasteiger partial charge >= 0.3 is 5.97 Å². The minimum Gasteiger partial charge on any atom is -0.493 e. The van der Waals surface area contributed by atoms with E-state index in [0.29, 0.717) is 70.1 Å². The molecular formula is C63H63N3O10S4. The fraction of sp³-hybridized carbons (Fsp3) is 0.302. The van der Waals surface area contributed by atoms with Gasteiger partial charge in [-0.1, -0.05) is 88.8 Å². The van der Waals surface area contributed by atoms with Crippen molar-refractivity contribution in [2.75, 3.05) is 64.9 Å². The molecule has 0 unspecified atom stereocenters. The lowest BCUT2D eigenvalue weighted by atomic mass is 10.0. The first-order valence-corrected chi connectivity index (χ1v) is 29.9. The zero-order valence-corrected chi connectivity index (χ0v) is 48.3. The predicted octanol–water partition coefficient (Wildman–Crippen LogP) is 17.1. The van der Waals surface area contributed by atoms with E-state index in [-0.39, 0.29) is 17.9 Å². The van der Waals surface area contributed by atoms with Gasteiger partial charge < -0.3 is 43.2 Å². The summed E-state index contributed by atoms with van der Waals surface area (Å²) in [5.74, 6) is 0.737. The van der Waals surface area contributed by atoms with E-state index >= 15 is 0 Å². The first-order chi connectivity index (χ1) is 39.2. The van der Waals surface area contributed by atoms with E-state index in [2.05, 4.69) is 109 Å². The summed E-state index contributed by atoms with van der Waals surface area (Å²) in [5.41, 5.74) is 6.43. The van der Waals surface area contributed by atoms with Gasteiger partial charge in [-0.05, 0) is 96.3 Å². The van der Waals surface area contributed by atoms with Gasteiger partial charge in [0.15, 0.2) is 0 Å². The minimum absolute atomic E-state index is 0.0571. The van der Waals surface area contributed by atoms with Gasteiger partial charge in [0.2, 0.25) is 5.76 Å². The molecule has 0 aliphatic carbocycles.